The average Bonchev–Trinajstić information content (AvgIpc) is 3.37. The molecule has 0 radical (unpaired) electrons. The number of carbonyl (C=O) groups excluding carboxylic acids is 1. The minimum atomic E-state index is -0.415. The second-order valence-electron chi connectivity index (χ2n) is 7.99. The monoisotopic (exact) mass is 448 g/mol. The number of aromatic nitrogens is 3. The standard InChI is InChI=1S/C24H25ClN6O/c1-26-19-11-9-17(10-12-19)16-27-23(32)22(18-7-3-2-4-8-18)28-20-15-21(30-24(25)29-20)31-13-5-6-14-31/h5-6,9-15,18,22H,2-4,7-8,16H2,(H,27,32)(H,28,29,30)/t22-/m1/s1. The van der Waals surface area contributed by atoms with E-state index >= 15 is 0 Å². The van der Waals surface area contributed by atoms with E-state index in [0.29, 0.717) is 23.9 Å². The molecule has 1 aliphatic rings. The smallest absolute Gasteiger partial charge is 0.243 e. The van der Waals surface area contributed by atoms with Crippen LogP contribution in [-0.2, 0) is 11.3 Å². The van der Waals surface area contributed by atoms with Crippen LogP contribution in [0.3, 0.4) is 0 Å². The normalized spacial score (nSPS) is 15.0. The maximum absolute atomic E-state index is 13.2. The Labute approximate surface area is 192 Å². The summed E-state index contributed by atoms with van der Waals surface area (Å²) < 4.78 is 1.85. The summed E-state index contributed by atoms with van der Waals surface area (Å²) in [7, 11) is 0. The molecule has 2 N–H and O–H groups in total. The predicted molar refractivity (Wildman–Crippen MR) is 125 cm³/mol. The lowest BCUT2D eigenvalue weighted by atomic mass is 9.83. The van der Waals surface area contributed by atoms with Crippen LogP contribution in [0.15, 0.2) is 54.9 Å². The fourth-order valence-electron chi connectivity index (χ4n) is 4.11. The fraction of sp³-hybridized carbons (Fsp3) is 0.333. The zero-order valence-electron chi connectivity index (χ0n) is 17.7. The second kappa shape index (κ2) is 10.3. The fourth-order valence-corrected chi connectivity index (χ4v) is 4.29. The maximum Gasteiger partial charge on any atom is 0.243 e. The highest BCUT2D eigenvalue weighted by Crippen LogP contribution is 2.29. The van der Waals surface area contributed by atoms with Gasteiger partial charge in [-0.05, 0) is 48.1 Å². The number of halogens is 1. The lowest BCUT2D eigenvalue weighted by Crippen LogP contribution is -2.45. The van der Waals surface area contributed by atoms with Crippen LogP contribution in [0.4, 0.5) is 11.5 Å². The van der Waals surface area contributed by atoms with Crippen molar-refractivity contribution in [2.45, 2.75) is 44.7 Å². The zero-order chi connectivity index (χ0) is 22.3. The highest BCUT2D eigenvalue weighted by Gasteiger charge is 2.30. The summed E-state index contributed by atoms with van der Waals surface area (Å²) >= 11 is 6.18. The van der Waals surface area contributed by atoms with Crippen molar-refractivity contribution in [3.63, 3.8) is 0 Å². The lowest BCUT2D eigenvalue weighted by Gasteiger charge is -2.30. The van der Waals surface area contributed by atoms with E-state index in [1.54, 1.807) is 18.2 Å². The molecular formula is C24H25ClN6O. The SMILES string of the molecule is [C-]#[N+]c1ccc(CNC(=O)[C@H](Nc2cc(-n3cccc3)nc(Cl)n2)C2CCCCC2)cc1. The molecule has 8 heteroatoms. The van der Waals surface area contributed by atoms with Gasteiger partial charge in [-0.15, -0.1) is 0 Å². The maximum atomic E-state index is 13.2. The molecule has 1 atom stereocenters. The number of benzene rings is 1. The van der Waals surface area contributed by atoms with Crippen LogP contribution in [0.5, 0.6) is 0 Å². The van der Waals surface area contributed by atoms with Crippen molar-refractivity contribution in [2.75, 3.05) is 5.32 Å². The van der Waals surface area contributed by atoms with Crippen LogP contribution in [0.2, 0.25) is 5.28 Å². The van der Waals surface area contributed by atoms with Crippen LogP contribution in [0, 0.1) is 12.5 Å². The summed E-state index contributed by atoms with van der Waals surface area (Å²) in [5.41, 5.74) is 1.54. The molecule has 0 unspecified atom stereocenters. The highest BCUT2D eigenvalue weighted by molar-refractivity contribution is 6.28. The van der Waals surface area contributed by atoms with E-state index in [1.807, 2.05) is 41.2 Å². The Hall–Kier alpha value is -3.37. The van der Waals surface area contributed by atoms with Gasteiger partial charge in [-0.25, -0.2) is 9.83 Å². The number of amides is 1. The van der Waals surface area contributed by atoms with Gasteiger partial charge >= 0.3 is 0 Å². The van der Waals surface area contributed by atoms with Gasteiger partial charge in [-0.1, -0.05) is 43.5 Å². The molecule has 1 amide bonds. The summed E-state index contributed by atoms with van der Waals surface area (Å²) in [6.07, 6.45) is 9.19. The topological polar surface area (TPSA) is 76.2 Å². The molecule has 2 heterocycles. The first-order valence-corrected chi connectivity index (χ1v) is 11.2. The molecule has 1 aliphatic carbocycles. The van der Waals surface area contributed by atoms with Gasteiger partial charge in [0.2, 0.25) is 11.2 Å². The molecule has 1 fully saturated rings. The minimum Gasteiger partial charge on any atom is -0.358 e. The Morgan fingerprint density at radius 3 is 2.56 bits per heavy atom. The predicted octanol–water partition coefficient (Wildman–Crippen LogP) is 5.15. The number of hydrogen-bond acceptors (Lipinski definition) is 4. The van der Waals surface area contributed by atoms with Crippen molar-refractivity contribution in [3.8, 4) is 5.82 Å². The van der Waals surface area contributed by atoms with Gasteiger partial charge in [0.15, 0.2) is 5.69 Å². The van der Waals surface area contributed by atoms with E-state index in [9.17, 15) is 4.79 Å². The Kier molecular flexibility index (Phi) is 7.03. The molecule has 3 aromatic rings. The first kappa shape index (κ1) is 21.8. The number of anilines is 1. The summed E-state index contributed by atoms with van der Waals surface area (Å²) in [6.45, 7) is 7.47. The van der Waals surface area contributed by atoms with Gasteiger partial charge in [0, 0.05) is 25.0 Å². The molecule has 0 spiro atoms. The molecule has 4 rings (SSSR count). The third-order valence-electron chi connectivity index (χ3n) is 5.79. The van der Waals surface area contributed by atoms with E-state index in [0.717, 1.165) is 31.2 Å². The van der Waals surface area contributed by atoms with Gasteiger partial charge in [0.1, 0.15) is 17.7 Å². The number of carbonyl (C=O) groups is 1. The van der Waals surface area contributed by atoms with E-state index in [-0.39, 0.29) is 17.1 Å². The molecule has 1 aromatic carbocycles. The van der Waals surface area contributed by atoms with Crippen LogP contribution in [0.25, 0.3) is 10.7 Å². The second-order valence-corrected chi connectivity index (χ2v) is 8.32. The van der Waals surface area contributed by atoms with Crippen LogP contribution >= 0.6 is 11.6 Å². The minimum absolute atomic E-state index is 0.0663. The van der Waals surface area contributed by atoms with Crippen molar-refractivity contribution in [3.05, 3.63) is 77.1 Å². The lowest BCUT2D eigenvalue weighted by molar-refractivity contribution is -0.123. The van der Waals surface area contributed by atoms with Crippen molar-refractivity contribution in [1.29, 1.82) is 0 Å². The summed E-state index contributed by atoms with van der Waals surface area (Å²) in [6, 6.07) is 12.5. The number of nitrogens with zero attached hydrogens (tertiary/aromatic N) is 4. The Bertz CT molecular complexity index is 1080. The molecule has 0 saturated heterocycles. The van der Waals surface area contributed by atoms with Gasteiger partial charge in [0.05, 0.1) is 6.57 Å². The Morgan fingerprint density at radius 1 is 1.16 bits per heavy atom. The van der Waals surface area contributed by atoms with Crippen molar-refractivity contribution >= 4 is 29.0 Å². The van der Waals surface area contributed by atoms with Crippen LogP contribution < -0.4 is 10.6 Å². The van der Waals surface area contributed by atoms with E-state index < -0.39 is 6.04 Å². The molecule has 1 saturated carbocycles. The summed E-state index contributed by atoms with van der Waals surface area (Å²) in [5.74, 6) is 1.32. The number of rotatable bonds is 7. The molecular weight excluding hydrogens is 424 g/mol. The van der Waals surface area contributed by atoms with E-state index in [4.69, 9.17) is 18.2 Å². The Morgan fingerprint density at radius 2 is 1.88 bits per heavy atom. The third-order valence-corrected chi connectivity index (χ3v) is 5.96. The van der Waals surface area contributed by atoms with Gasteiger partial charge in [0.25, 0.3) is 0 Å². The van der Waals surface area contributed by atoms with Gasteiger partial charge < -0.3 is 15.2 Å². The first-order chi connectivity index (χ1) is 15.6. The van der Waals surface area contributed by atoms with Crippen molar-refractivity contribution in [1.82, 2.24) is 19.9 Å². The van der Waals surface area contributed by atoms with E-state index in [2.05, 4.69) is 25.4 Å². The summed E-state index contributed by atoms with van der Waals surface area (Å²) in [4.78, 5) is 25.2. The number of hydrogen-bond donors (Lipinski definition) is 2. The van der Waals surface area contributed by atoms with Crippen molar-refractivity contribution < 1.29 is 4.79 Å². The molecule has 7 nitrogen and oxygen atoms in total. The average molecular weight is 449 g/mol. The van der Waals surface area contributed by atoms with Gasteiger partial charge in [-0.3, -0.25) is 4.79 Å². The van der Waals surface area contributed by atoms with Crippen molar-refractivity contribution in [2.24, 2.45) is 5.92 Å². The largest absolute Gasteiger partial charge is 0.358 e. The Balaban J connectivity index is 1.51. The third kappa shape index (κ3) is 5.45. The quantitative estimate of drug-likeness (QED) is 0.387. The summed E-state index contributed by atoms with van der Waals surface area (Å²) in [5, 5.41) is 6.52. The molecule has 32 heavy (non-hydrogen) atoms. The van der Waals surface area contributed by atoms with Crippen LogP contribution in [-0.4, -0.2) is 26.5 Å². The zero-order valence-corrected chi connectivity index (χ0v) is 18.4. The molecule has 0 bridgehead atoms. The highest BCUT2D eigenvalue weighted by atomic mass is 35.5. The number of nitrogens with one attached hydrogen (secondary N) is 2. The first-order valence-electron chi connectivity index (χ1n) is 10.8. The molecule has 164 valence electrons. The molecule has 2 aromatic heterocycles. The molecule has 0 aliphatic heterocycles. The van der Waals surface area contributed by atoms with Crippen LogP contribution in [0.1, 0.15) is 37.7 Å². The van der Waals surface area contributed by atoms with Gasteiger partial charge in [-0.2, -0.15) is 4.98 Å². The van der Waals surface area contributed by atoms with E-state index in [1.165, 1.54) is 6.42 Å².